The average molecular weight is 422 g/mol. The van der Waals surface area contributed by atoms with Crippen LogP contribution in [0, 0.1) is 0 Å². The Morgan fingerprint density at radius 1 is 1.07 bits per heavy atom. The zero-order valence-corrected chi connectivity index (χ0v) is 18.4. The summed E-state index contributed by atoms with van der Waals surface area (Å²) in [5.74, 6) is 0.556. The van der Waals surface area contributed by atoms with Crippen molar-refractivity contribution in [1.29, 1.82) is 0 Å². The zero-order valence-electron chi connectivity index (χ0n) is 17.6. The highest BCUT2D eigenvalue weighted by Crippen LogP contribution is 2.39. The van der Waals surface area contributed by atoms with E-state index in [1.54, 1.807) is 33.3 Å². The predicted octanol–water partition coefficient (Wildman–Crippen LogP) is 2.47. The molecule has 0 bridgehead atoms. The van der Waals surface area contributed by atoms with Gasteiger partial charge in [0.25, 0.3) is 5.91 Å². The van der Waals surface area contributed by atoms with Crippen LogP contribution in [0.15, 0.2) is 23.6 Å². The number of thiophene rings is 1. The Balaban J connectivity index is 2.41. The lowest BCUT2D eigenvalue weighted by Gasteiger charge is -2.15. The first kappa shape index (κ1) is 22.7. The Morgan fingerprint density at radius 2 is 1.76 bits per heavy atom. The van der Waals surface area contributed by atoms with Crippen molar-refractivity contribution in [2.75, 3.05) is 45.8 Å². The summed E-state index contributed by atoms with van der Waals surface area (Å²) in [5.41, 5.74) is 1.81. The fraction of sp³-hybridized carbons (Fsp3) is 0.429. The van der Waals surface area contributed by atoms with Crippen LogP contribution < -0.4 is 19.7 Å². The second kappa shape index (κ2) is 10.8. The number of anilines is 1. The molecule has 0 spiro atoms. The van der Waals surface area contributed by atoms with E-state index in [0.29, 0.717) is 34.2 Å². The van der Waals surface area contributed by atoms with Gasteiger partial charge in [-0.15, -0.1) is 11.3 Å². The van der Waals surface area contributed by atoms with Gasteiger partial charge in [-0.2, -0.15) is 0 Å². The molecule has 2 aromatic rings. The number of quaternary nitrogens is 1. The van der Waals surface area contributed by atoms with E-state index in [2.05, 4.69) is 5.32 Å². The van der Waals surface area contributed by atoms with Gasteiger partial charge in [0, 0.05) is 10.9 Å². The molecule has 2 rings (SSSR count). The second-order valence-corrected chi connectivity index (χ2v) is 7.21. The van der Waals surface area contributed by atoms with E-state index in [4.69, 9.17) is 14.2 Å². The largest absolute Gasteiger partial charge is 0.493 e. The van der Waals surface area contributed by atoms with Crippen molar-refractivity contribution in [3.8, 4) is 22.6 Å². The summed E-state index contributed by atoms with van der Waals surface area (Å²) in [4.78, 5) is 26.3. The van der Waals surface area contributed by atoms with Crippen molar-refractivity contribution in [2.45, 2.75) is 20.8 Å². The Kier molecular flexibility index (Phi) is 8.48. The monoisotopic (exact) mass is 421 g/mol. The van der Waals surface area contributed by atoms with Crippen LogP contribution in [0.3, 0.4) is 0 Å². The van der Waals surface area contributed by atoms with E-state index in [1.165, 1.54) is 11.3 Å². The number of carbonyl (C=O) groups is 2. The molecule has 1 aromatic heterocycles. The third-order valence-electron chi connectivity index (χ3n) is 4.63. The van der Waals surface area contributed by atoms with Crippen molar-refractivity contribution < 1.29 is 28.7 Å². The highest BCUT2D eigenvalue weighted by atomic mass is 32.1. The molecule has 158 valence electrons. The average Bonchev–Trinajstić information content (AvgIpc) is 3.14. The van der Waals surface area contributed by atoms with Crippen LogP contribution in [0.2, 0.25) is 0 Å². The number of rotatable bonds is 10. The molecule has 29 heavy (non-hydrogen) atoms. The van der Waals surface area contributed by atoms with Gasteiger partial charge in [-0.1, -0.05) is 6.07 Å². The maximum atomic E-state index is 12.7. The Labute approximate surface area is 175 Å². The van der Waals surface area contributed by atoms with E-state index < -0.39 is 5.97 Å². The van der Waals surface area contributed by atoms with Crippen LogP contribution >= 0.6 is 11.3 Å². The predicted molar refractivity (Wildman–Crippen MR) is 114 cm³/mol. The van der Waals surface area contributed by atoms with Gasteiger partial charge in [0.05, 0.1) is 33.9 Å². The number of hydrogen-bond acceptors (Lipinski definition) is 6. The van der Waals surface area contributed by atoms with E-state index in [-0.39, 0.29) is 12.5 Å². The van der Waals surface area contributed by atoms with Gasteiger partial charge >= 0.3 is 5.97 Å². The topological polar surface area (TPSA) is 78.3 Å². The van der Waals surface area contributed by atoms with E-state index in [9.17, 15) is 9.59 Å². The highest BCUT2D eigenvalue weighted by molar-refractivity contribution is 7.15. The number of carbonyl (C=O) groups excluding carboxylic acids is 2. The molecule has 1 heterocycles. The first-order valence-corrected chi connectivity index (χ1v) is 10.5. The summed E-state index contributed by atoms with van der Waals surface area (Å²) in [6.07, 6.45) is 0. The molecule has 0 aliphatic heterocycles. The molecular formula is C21H29N2O5S+. The molecule has 0 fully saturated rings. The molecular weight excluding hydrogens is 392 g/mol. The van der Waals surface area contributed by atoms with Gasteiger partial charge in [-0.05, 0) is 38.5 Å². The quantitative estimate of drug-likeness (QED) is 0.577. The molecule has 0 aliphatic carbocycles. The molecule has 1 aromatic carbocycles. The smallest absolute Gasteiger partial charge is 0.341 e. The van der Waals surface area contributed by atoms with Crippen molar-refractivity contribution in [1.82, 2.24) is 0 Å². The standard InChI is InChI=1S/C21H28N2O5S/c1-6-23(7-2)12-18(24)22-20-19(21(25)28-8-3)15(13-29-20)14-9-10-16(26-4)17(11-14)27-5/h9-11,13H,6-8,12H2,1-5H3,(H,22,24)/p+1. The van der Waals surface area contributed by atoms with Crippen LogP contribution in [0.1, 0.15) is 31.1 Å². The maximum absolute atomic E-state index is 12.7. The van der Waals surface area contributed by atoms with Crippen molar-refractivity contribution >= 4 is 28.2 Å². The number of esters is 1. The molecule has 0 saturated carbocycles. The van der Waals surface area contributed by atoms with E-state index >= 15 is 0 Å². The van der Waals surface area contributed by atoms with Crippen molar-refractivity contribution in [3.63, 3.8) is 0 Å². The molecule has 0 unspecified atom stereocenters. The van der Waals surface area contributed by atoms with E-state index in [1.807, 2.05) is 25.3 Å². The third kappa shape index (κ3) is 5.48. The lowest BCUT2D eigenvalue weighted by molar-refractivity contribution is -0.888. The zero-order chi connectivity index (χ0) is 21.4. The Bertz CT molecular complexity index is 846. The number of methoxy groups -OCH3 is 2. The minimum absolute atomic E-state index is 0.130. The normalized spacial score (nSPS) is 10.7. The molecule has 0 atom stereocenters. The van der Waals surface area contributed by atoms with Gasteiger partial charge in [-0.25, -0.2) is 4.79 Å². The Morgan fingerprint density at radius 3 is 2.34 bits per heavy atom. The number of amides is 1. The lowest BCUT2D eigenvalue weighted by Crippen LogP contribution is -3.12. The summed E-state index contributed by atoms with van der Waals surface area (Å²) in [5, 5.41) is 5.22. The summed E-state index contributed by atoms with van der Waals surface area (Å²) in [6, 6.07) is 5.43. The van der Waals surface area contributed by atoms with Gasteiger partial charge in [0.15, 0.2) is 18.0 Å². The van der Waals surface area contributed by atoms with Crippen LogP contribution in [-0.4, -0.2) is 52.3 Å². The molecule has 0 aliphatic rings. The molecule has 1 amide bonds. The Hall–Kier alpha value is -2.58. The maximum Gasteiger partial charge on any atom is 0.341 e. The van der Waals surface area contributed by atoms with Gasteiger partial charge in [-0.3, -0.25) is 4.79 Å². The molecule has 8 heteroatoms. The van der Waals surface area contributed by atoms with Crippen molar-refractivity contribution in [3.05, 3.63) is 29.1 Å². The summed E-state index contributed by atoms with van der Waals surface area (Å²) < 4.78 is 15.9. The minimum atomic E-state index is -0.468. The number of likely N-dealkylation sites (N-methyl/N-ethyl adjacent to an activating group) is 1. The van der Waals surface area contributed by atoms with Gasteiger partial charge in [0.1, 0.15) is 10.6 Å². The fourth-order valence-corrected chi connectivity index (χ4v) is 3.94. The first-order chi connectivity index (χ1) is 14.0. The van der Waals surface area contributed by atoms with Crippen LogP contribution in [-0.2, 0) is 9.53 Å². The summed E-state index contributed by atoms with van der Waals surface area (Å²) in [7, 11) is 3.13. The van der Waals surface area contributed by atoms with Crippen molar-refractivity contribution in [2.24, 2.45) is 0 Å². The van der Waals surface area contributed by atoms with E-state index in [0.717, 1.165) is 23.6 Å². The van der Waals surface area contributed by atoms with Crippen LogP contribution in [0.25, 0.3) is 11.1 Å². The van der Waals surface area contributed by atoms with Crippen LogP contribution in [0.4, 0.5) is 5.00 Å². The molecule has 0 radical (unpaired) electrons. The molecule has 2 N–H and O–H groups in total. The summed E-state index contributed by atoms with van der Waals surface area (Å²) in [6.45, 7) is 8.14. The highest BCUT2D eigenvalue weighted by Gasteiger charge is 2.24. The molecule has 0 saturated heterocycles. The van der Waals surface area contributed by atoms with Gasteiger partial charge in [0.2, 0.25) is 0 Å². The molecule has 7 nitrogen and oxygen atoms in total. The minimum Gasteiger partial charge on any atom is -0.493 e. The number of benzene rings is 1. The number of nitrogens with one attached hydrogen (secondary N) is 2. The first-order valence-electron chi connectivity index (χ1n) is 9.63. The third-order valence-corrected chi connectivity index (χ3v) is 5.52. The lowest BCUT2D eigenvalue weighted by atomic mass is 10.0. The number of hydrogen-bond donors (Lipinski definition) is 2. The summed E-state index contributed by atoms with van der Waals surface area (Å²) >= 11 is 1.31. The number of ether oxygens (including phenoxy) is 3. The SMILES string of the molecule is CCOC(=O)c1c(-c2ccc(OC)c(OC)c2)csc1NC(=O)C[NH+](CC)CC. The second-order valence-electron chi connectivity index (χ2n) is 6.33. The fourth-order valence-electron chi connectivity index (χ4n) is 2.97. The van der Waals surface area contributed by atoms with Gasteiger partial charge < -0.3 is 24.4 Å². The van der Waals surface area contributed by atoms with Crippen LogP contribution in [0.5, 0.6) is 11.5 Å².